The highest BCUT2D eigenvalue weighted by molar-refractivity contribution is 5.90. The lowest BCUT2D eigenvalue weighted by Crippen LogP contribution is -2.45. The molecule has 2 aromatic carbocycles. The van der Waals surface area contributed by atoms with Crippen molar-refractivity contribution in [1.82, 2.24) is 24.7 Å². The fraction of sp³-hybridized carbons (Fsp3) is 0.364. The van der Waals surface area contributed by atoms with Crippen LogP contribution in [0, 0.1) is 11.3 Å². The minimum atomic E-state index is -4.55. The third-order valence-electron chi connectivity index (χ3n) is 8.73. The van der Waals surface area contributed by atoms with E-state index in [-0.39, 0.29) is 23.8 Å². The minimum absolute atomic E-state index is 0.104. The average Bonchev–Trinajstić information content (AvgIpc) is 3.47. The Kier molecular flexibility index (Phi) is 8.40. The first-order chi connectivity index (χ1) is 21.6. The van der Waals surface area contributed by atoms with Crippen molar-refractivity contribution >= 4 is 22.8 Å². The Labute approximate surface area is 259 Å². The molecule has 12 heteroatoms. The summed E-state index contributed by atoms with van der Waals surface area (Å²) >= 11 is 0. The Morgan fingerprint density at radius 1 is 1.09 bits per heavy atom. The maximum absolute atomic E-state index is 14.1. The number of aromatic nitrogens is 2. The number of H-pyrrole nitrogens is 1. The van der Waals surface area contributed by atoms with Crippen molar-refractivity contribution < 1.29 is 22.7 Å². The van der Waals surface area contributed by atoms with Crippen LogP contribution >= 0.6 is 0 Å². The summed E-state index contributed by atoms with van der Waals surface area (Å²) in [6.45, 7) is 8.62. The second kappa shape index (κ2) is 12.4. The van der Waals surface area contributed by atoms with E-state index in [1.165, 1.54) is 6.07 Å². The second-order valence-electron chi connectivity index (χ2n) is 11.5. The number of hydrogen-bond donors (Lipinski definition) is 2. The van der Waals surface area contributed by atoms with E-state index in [9.17, 15) is 23.2 Å². The summed E-state index contributed by atoms with van der Waals surface area (Å²) in [6.07, 6.45) is -2.37. The Balaban J connectivity index is 1.17. The van der Waals surface area contributed by atoms with Crippen LogP contribution in [0.15, 0.2) is 54.7 Å². The zero-order valence-electron chi connectivity index (χ0n) is 25.1. The maximum Gasteiger partial charge on any atom is 0.416 e. The number of nitrogens with zero attached hydrogens (tertiary/aromatic N) is 5. The van der Waals surface area contributed by atoms with Gasteiger partial charge in [-0.05, 0) is 73.0 Å². The molecule has 2 aromatic heterocycles. The SMILES string of the molecule is CCN1CCN(Cc2ccc(NC(=O)N3CCc4ccc(Oc5ccnc6[nH]c(C#N)cc56)cc4[C@@H]3C)cc2C(F)(F)F)CC1. The molecular formula is C33H34F3N7O2. The van der Waals surface area contributed by atoms with Crippen molar-refractivity contribution in [2.24, 2.45) is 0 Å². The number of carbonyl (C=O) groups excluding carboxylic acids is 1. The topological polar surface area (TPSA) is 101 Å². The van der Waals surface area contributed by atoms with Crippen molar-refractivity contribution in [3.63, 3.8) is 0 Å². The molecule has 0 radical (unpaired) electrons. The van der Waals surface area contributed by atoms with Crippen LogP contribution in [-0.2, 0) is 19.1 Å². The van der Waals surface area contributed by atoms with Crippen molar-refractivity contribution in [2.75, 3.05) is 44.6 Å². The first-order valence-corrected chi connectivity index (χ1v) is 15.0. The van der Waals surface area contributed by atoms with Gasteiger partial charge in [0.05, 0.1) is 17.0 Å². The molecule has 0 unspecified atom stereocenters. The number of carbonyl (C=O) groups is 1. The van der Waals surface area contributed by atoms with Crippen molar-refractivity contribution in [2.45, 2.75) is 39.0 Å². The first-order valence-electron chi connectivity index (χ1n) is 15.0. The summed E-state index contributed by atoms with van der Waals surface area (Å²) < 4.78 is 48.6. The number of piperazine rings is 1. The van der Waals surface area contributed by atoms with E-state index in [1.54, 1.807) is 29.3 Å². The van der Waals surface area contributed by atoms with Crippen LogP contribution < -0.4 is 10.1 Å². The van der Waals surface area contributed by atoms with Crippen LogP contribution in [0.2, 0.25) is 0 Å². The Morgan fingerprint density at radius 3 is 2.60 bits per heavy atom. The van der Waals surface area contributed by atoms with Gasteiger partial charge >= 0.3 is 12.2 Å². The summed E-state index contributed by atoms with van der Waals surface area (Å²) in [5.74, 6) is 1.08. The van der Waals surface area contributed by atoms with Crippen molar-refractivity contribution in [3.05, 3.63) is 82.7 Å². The van der Waals surface area contributed by atoms with Gasteiger partial charge in [0, 0.05) is 51.2 Å². The summed E-state index contributed by atoms with van der Waals surface area (Å²) in [5.41, 5.74) is 2.44. The van der Waals surface area contributed by atoms with E-state index >= 15 is 0 Å². The number of ether oxygens (including phenoxy) is 1. The number of hydrogen-bond acceptors (Lipinski definition) is 6. The van der Waals surface area contributed by atoms with Crippen LogP contribution in [0.1, 0.15) is 47.8 Å². The van der Waals surface area contributed by atoms with E-state index in [2.05, 4.69) is 33.2 Å². The maximum atomic E-state index is 14.1. The number of amides is 2. The minimum Gasteiger partial charge on any atom is -0.457 e. The normalized spacial score (nSPS) is 17.6. The highest BCUT2D eigenvalue weighted by Gasteiger charge is 2.35. The van der Waals surface area contributed by atoms with Gasteiger partial charge in [0.1, 0.15) is 28.9 Å². The predicted molar refractivity (Wildman–Crippen MR) is 164 cm³/mol. The lowest BCUT2D eigenvalue weighted by molar-refractivity contribution is -0.138. The van der Waals surface area contributed by atoms with Gasteiger partial charge in [-0.25, -0.2) is 9.78 Å². The van der Waals surface area contributed by atoms with Gasteiger partial charge in [0.25, 0.3) is 0 Å². The molecule has 6 rings (SSSR count). The fourth-order valence-electron chi connectivity index (χ4n) is 6.17. The van der Waals surface area contributed by atoms with Gasteiger partial charge in [-0.3, -0.25) is 4.90 Å². The summed E-state index contributed by atoms with van der Waals surface area (Å²) in [6, 6.07) is 14.4. The molecule has 2 aliphatic rings. The smallest absolute Gasteiger partial charge is 0.416 e. The average molecular weight is 618 g/mol. The van der Waals surface area contributed by atoms with E-state index in [1.807, 2.05) is 30.0 Å². The number of nitriles is 1. The largest absolute Gasteiger partial charge is 0.457 e. The number of fused-ring (bicyclic) bond motifs is 2. The predicted octanol–water partition coefficient (Wildman–Crippen LogP) is 6.53. The zero-order valence-corrected chi connectivity index (χ0v) is 25.1. The van der Waals surface area contributed by atoms with Crippen LogP contribution in [0.5, 0.6) is 11.5 Å². The molecule has 1 fully saturated rings. The van der Waals surface area contributed by atoms with Crippen molar-refractivity contribution in [1.29, 1.82) is 5.26 Å². The van der Waals surface area contributed by atoms with Crippen LogP contribution in [-0.4, -0.2) is 70.0 Å². The Bertz CT molecular complexity index is 1760. The van der Waals surface area contributed by atoms with Crippen molar-refractivity contribution in [3.8, 4) is 17.6 Å². The lowest BCUT2D eigenvalue weighted by atomic mass is 9.93. The molecule has 0 bridgehead atoms. The summed E-state index contributed by atoms with van der Waals surface area (Å²) in [7, 11) is 0. The fourth-order valence-corrected chi connectivity index (χ4v) is 6.17. The molecule has 2 amide bonds. The monoisotopic (exact) mass is 617 g/mol. The van der Waals surface area contributed by atoms with Gasteiger partial charge in [0.15, 0.2) is 0 Å². The number of rotatable bonds is 6. The molecule has 4 heterocycles. The Morgan fingerprint density at radius 2 is 1.87 bits per heavy atom. The third-order valence-corrected chi connectivity index (χ3v) is 8.73. The number of aromatic amines is 1. The number of nitrogens with one attached hydrogen (secondary N) is 2. The van der Waals surface area contributed by atoms with Gasteiger partial charge in [-0.15, -0.1) is 0 Å². The number of urea groups is 1. The van der Waals surface area contributed by atoms with E-state index in [4.69, 9.17) is 4.74 Å². The molecule has 0 spiro atoms. The lowest BCUT2D eigenvalue weighted by Gasteiger charge is -2.35. The van der Waals surface area contributed by atoms with Crippen LogP contribution in [0.25, 0.3) is 11.0 Å². The van der Waals surface area contributed by atoms with Crippen LogP contribution in [0.4, 0.5) is 23.7 Å². The third kappa shape index (κ3) is 6.45. The van der Waals surface area contributed by atoms with Gasteiger partial charge < -0.3 is 24.8 Å². The number of pyridine rings is 1. The highest BCUT2D eigenvalue weighted by atomic mass is 19.4. The summed E-state index contributed by atoms with van der Waals surface area (Å²) in [5, 5.41) is 12.6. The standard InChI is InChI=1S/C33H34F3N7O2/c1-3-41-12-14-42(15-13-41)20-23-4-6-24(17-29(23)33(34,35)36)40-32(44)43-11-9-22-5-7-26(18-27(22)21(43)2)45-30-8-10-38-31-28(30)16-25(19-37)39-31/h4-8,10,16-18,21H,3,9,11-15,20H2,1-2H3,(H,38,39)(H,40,44)/t21-/m0/s1. The molecule has 1 atom stereocenters. The molecule has 2 aliphatic heterocycles. The number of benzene rings is 2. The Hall–Kier alpha value is -4.60. The van der Waals surface area contributed by atoms with E-state index in [0.29, 0.717) is 54.3 Å². The molecule has 9 nitrogen and oxygen atoms in total. The number of anilines is 1. The van der Waals surface area contributed by atoms with E-state index in [0.717, 1.165) is 36.8 Å². The van der Waals surface area contributed by atoms with E-state index < -0.39 is 17.8 Å². The quantitative estimate of drug-likeness (QED) is 0.255. The molecule has 234 valence electrons. The second-order valence-corrected chi connectivity index (χ2v) is 11.5. The van der Waals surface area contributed by atoms with Crippen LogP contribution in [0.3, 0.4) is 0 Å². The molecule has 2 N–H and O–H groups in total. The number of likely N-dealkylation sites (N-methyl/N-ethyl adjacent to an activating group) is 1. The molecule has 4 aromatic rings. The van der Waals surface area contributed by atoms with Gasteiger partial charge in [-0.1, -0.05) is 19.1 Å². The summed E-state index contributed by atoms with van der Waals surface area (Å²) in [4.78, 5) is 26.5. The molecule has 0 aliphatic carbocycles. The number of halogens is 3. The first kappa shape index (κ1) is 30.4. The van der Waals surface area contributed by atoms with Gasteiger partial charge in [0.2, 0.25) is 0 Å². The molecular weight excluding hydrogens is 583 g/mol. The zero-order chi connectivity index (χ0) is 31.7. The molecule has 45 heavy (non-hydrogen) atoms. The highest BCUT2D eigenvalue weighted by Crippen LogP contribution is 2.37. The van der Waals surface area contributed by atoms with Gasteiger partial charge in [-0.2, -0.15) is 18.4 Å². The molecule has 0 saturated carbocycles. The number of alkyl halides is 3. The molecule has 1 saturated heterocycles.